The zero-order valence-electron chi connectivity index (χ0n) is 53.9. The summed E-state index contributed by atoms with van der Waals surface area (Å²) in [6.07, 6.45) is 78.9. The van der Waals surface area contributed by atoms with Crippen molar-refractivity contribution in [3.05, 3.63) is 60.8 Å². The van der Waals surface area contributed by atoms with Gasteiger partial charge in [-0.1, -0.05) is 286 Å². The average molecular weight is 1140 g/mol. The third-order valence-electron chi connectivity index (χ3n) is 15.2. The normalized spacial score (nSPS) is 13.0. The van der Waals surface area contributed by atoms with Gasteiger partial charge in [0.05, 0.1) is 34.4 Å². The van der Waals surface area contributed by atoms with Crippen LogP contribution in [0.3, 0.4) is 0 Å². The van der Waals surface area contributed by atoms with Crippen molar-refractivity contribution < 1.29 is 42.9 Å². The third-order valence-corrected chi connectivity index (χ3v) is 15.2. The predicted molar refractivity (Wildman–Crippen MR) is 346 cm³/mol. The number of carboxylic acids is 1. The molecule has 81 heavy (non-hydrogen) atoms. The number of aliphatic carboxylic acids is 1. The van der Waals surface area contributed by atoms with Gasteiger partial charge in [-0.15, -0.1) is 0 Å². The number of carbonyl (C=O) groups is 3. The Morgan fingerprint density at radius 3 is 0.988 bits per heavy atom. The first-order valence-corrected chi connectivity index (χ1v) is 34.5. The minimum Gasteiger partial charge on any atom is -0.477 e. The van der Waals surface area contributed by atoms with Crippen LogP contribution in [0.4, 0.5) is 0 Å². The standard InChI is InChI=1S/C72H131NO8/c1-6-8-10-12-14-16-18-20-22-24-26-28-30-32-34-35-37-38-40-42-44-46-48-50-52-54-56-58-60-62-69(74)79-66-68(67-80-72(71(76)77)78-65-64-73(3,4)5)81-70(75)63-61-59-57-55-53-51-49-47-45-43-41-39-36-33-31-29-27-25-23-21-19-17-15-13-11-9-7-2/h18-21,24-27,31,33,68,72H,6-17,22-23,28-30,32,34-67H2,1-5H3/p+1/b20-18-,21-19-,26-24-,27-25-,33-31-. The van der Waals surface area contributed by atoms with Crippen LogP contribution in [0, 0.1) is 0 Å². The van der Waals surface area contributed by atoms with Crippen molar-refractivity contribution in [1.82, 2.24) is 0 Å². The monoisotopic (exact) mass is 1140 g/mol. The molecular weight excluding hydrogens is 1010 g/mol. The van der Waals surface area contributed by atoms with Gasteiger partial charge in [-0.05, 0) is 83.5 Å². The zero-order chi connectivity index (χ0) is 59.1. The SMILES string of the molecule is CCCCCCC/C=C\C/C=C\C/C=C\CCCCCCCCCCCCCCC(=O)OC(COC(=O)CCCCCCCCCCCCCCCCCCC/C=C\C/C=C\CCCCCCC)COC(OCC[N+](C)(C)C)C(=O)O. The number of rotatable bonds is 64. The largest absolute Gasteiger partial charge is 0.477 e. The Bertz CT molecular complexity index is 1510. The Morgan fingerprint density at radius 1 is 0.370 bits per heavy atom. The highest BCUT2D eigenvalue weighted by Gasteiger charge is 2.25. The molecule has 0 fully saturated rings. The highest BCUT2D eigenvalue weighted by molar-refractivity contribution is 5.71. The number of nitrogens with zero attached hydrogens (tertiary/aromatic N) is 1. The van der Waals surface area contributed by atoms with E-state index in [9.17, 15) is 19.5 Å². The molecule has 0 saturated carbocycles. The molecule has 0 bridgehead atoms. The molecule has 0 saturated heterocycles. The molecule has 0 rings (SSSR count). The van der Waals surface area contributed by atoms with Gasteiger partial charge in [-0.25, -0.2) is 4.79 Å². The lowest BCUT2D eigenvalue weighted by Gasteiger charge is -2.25. The Labute approximate surface area is 501 Å². The highest BCUT2D eigenvalue weighted by Crippen LogP contribution is 2.18. The average Bonchev–Trinajstić information content (AvgIpc) is 3.44. The van der Waals surface area contributed by atoms with Crippen molar-refractivity contribution in [3.8, 4) is 0 Å². The van der Waals surface area contributed by atoms with E-state index in [0.29, 0.717) is 17.4 Å². The second-order valence-electron chi connectivity index (χ2n) is 24.5. The van der Waals surface area contributed by atoms with E-state index in [0.717, 1.165) is 57.8 Å². The molecule has 0 spiro atoms. The molecule has 9 heteroatoms. The van der Waals surface area contributed by atoms with Crippen molar-refractivity contribution in [2.75, 3.05) is 47.5 Å². The maximum absolute atomic E-state index is 12.9. The lowest BCUT2D eigenvalue weighted by Crippen LogP contribution is -2.40. The fourth-order valence-corrected chi connectivity index (χ4v) is 9.94. The quantitative estimate of drug-likeness (QED) is 0.0211. The molecule has 0 aliphatic rings. The van der Waals surface area contributed by atoms with Crippen molar-refractivity contribution >= 4 is 17.9 Å². The number of hydrogen-bond acceptors (Lipinski definition) is 7. The van der Waals surface area contributed by atoms with E-state index in [2.05, 4.69) is 74.6 Å². The summed E-state index contributed by atoms with van der Waals surface area (Å²) in [4.78, 5) is 37.6. The Morgan fingerprint density at radius 2 is 0.667 bits per heavy atom. The Hall–Kier alpha value is -3.01. The summed E-state index contributed by atoms with van der Waals surface area (Å²) in [5.41, 5.74) is 0. The van der Waals surface area contributed by atoms with Gasteiger partial charge < -0.3 is 28.5 Å². The number of hydrogen-bond donors (Lipinski definition) is 1. The van der Waals surface area contributed by atoms with Gasteiger partial charge in [0.25, 0.3) is 6.29 Å². The third kappa shape index (κ3) is 64.4. The number of quaternary nitrogens is 1. The summed E-state index contributed by atoms with van der Waals surface area (Å²) in [6.45, 7) is 4.90. The summed E-state index contributed by atoms with van der Waals surface area (Å²) >= 11 is 0. The van der Waals surface area contributed by atoms with Crippen molar-refractivity contribution in [2.45, 2.75) is 334 Å². The van der Waals surface area contributed by atoms with Crippen LogP contribution in [-0.4, -0.2) is 87.4 Å². The summed E-state index contributed by atoms with van der Waals surface area (Å²) in [6, 6.07) is 0. The second kappa shape index (κ2) is 63.0. The fourth-order valence-electron chi connectivity index (χ4n) is 9.94. The van der Waals surface area contributed by atoms with Gasteiger partial charge in [-0.3, -0.25) is 9.59 Å². The van der Waals surface area contributed by atoms with E-state index in [1.165, 1.54) is 238 Å². The molecule has 9 nitrogen and oxygen atoms in total. The van der Waals surface area contributed by atoms with Gasteiger partial charge in [0.2, 0.25) is 0 Å². The van der Waals surface area contributed by atoms with E-state index in [1.807, 2.05) is 21.1 Å². The molecule has 0 amide bonds. The molecular formula is C72H132NO8+. The van der Waals surface area contributed by atoms with Crippen LogP contribution in [0.2, 0.25) is 0 Å². The maximum Gasteiger partial charge on any atom is 0.361 e. The molecule has 472 valence electrons. The number of carboxylic acid groups (broad SMARTS) is 1. The molecule has 2 atom stereocenters. The summed E-state index contributed by atoms with van der Waals surface area (Å²) in [5.74, 6) is -1.99. The van der Waals surface area contributed by atoms with Crippen LogP contribution in [0.5, 0.6) is 0 Å². The lowest BCUT2D eigenvalue weighted by molar-refractivity contribution is -0.870. The lowest BCUT2D eigenvalue weighted by atomic mass is 10.0. The van der Waals surface area contributed by atoms with Gasteiger partial charge in [0, 0.05) is 12.8 Å². The number of carbonyl (C=O) groups excluding carboxylic acids is 2. The van der Waals surface area contributed by atoms with Crippen molar-refractivity contribution in [2.24, 2.45) is 0 Å². The minimum atomic E-state index is -1.51. The number of allylic oxidation sites excluding steroid dienone is 10. The molecule has 1 N–H and O–H groups in total. The smallest absolute Gasteiger partial charge is 0.361 e. The van der Waals surface area contributed by atoms with Crippen LogP contribution < -0.4 is 0 Å². The van der Waals surface area contributed by atoms with Gasteiger partial charge in [0.1, 0.15) is 13.2 Å². The molecule has 0 aromatic carbocycles. The topological polar surface area (TPSA) is 108 Å². The van der Waals surface area contributed by atoms with Crippen LogP contribution in [0.25, 0.3) is 0 Å². The van der Waals surface area contributed by atoms with Crippen LogP contribution >= 0.6 is 0 Å². The van der Waals surface area contributed by atoms with E-state index in [-0.39, 0.29) is 32.2 Å². The molecule has 2 unspecified atom stereocenters. The van der Waals surface area contributed by atoms with Crippen LogP contribution in [0.1, 0.15) is 322 Å². The fraction of sp³-hybridized carbons (Fsp3) is 0.819. The van der Waals surface area contributed by atoms with E-state index in [4.69, 9.17) is 18.9 Å². The molecule has 0 aliphatic carbocycles. The first-order chi connectivity index (χ1) is 39.6. The zero-order valence-corrected chi connectivity index (χ0v) is 53.9. The molecule has 0 aliphatic heterocycles. The molecule has 0 aromatic rings. The first-order valence-electron chi connectivity index (χ1n) is 34.5. The Kier molecular flexibility index (Phi) is 60.7. The van der Waals surface area contributed by atoms with Gasteiger partial charge >= 0.3 is 17.9 Å². The molecule has 0 aromatic heterocycles. The van der Waals surface area contributed by atoms with Crippen LogP contribution in [-0.2, 0) is 33.3 Å². The first kappa shape index (κ1) is 78.0. The predicted octanol–water partition coefficient (Wildman–Crippen LogP) is 21.1. The van der Waals surface area contributed by atoms with Crippen molar-refractivity contribution in [1.29, 1.82) is 0 Å². The minimum absolute atomic E-state index is 0.181. The van der Waals surface area contributed by atoms with Crippen molar-refractivity contribution in [3.63, 3.8) is 0 Å². The number of ether oxygens (including phenoxy) is 4. The summed E-state index contributed by atoms with van der Waals surface area (Å²) in [7, 11) is 5.98. The molecule has 0 heterocycles. The van der Waals surface area contributed by atoms with Crippen LogP contribution in [0.15, 0.2) is 60.8 Å². The summed E-state index contributed by atoms with van der Waals surface area (Å²) < 4.78 is 23.0. The van der Waals surface area contributed by atoms with E-state index >= 15 is 0 Å². The summed E-state index contributed by atoms with van der Waals surface area (Å²) in [5, 5.41) is 9.74. The number of esters is 2. The number of unbranched alkanes of at least 4 members (excludes halogenated alkanes) is 39. The van der Waals surface area contributed by atoms with Gasteiger partial charge in [-0.2, -0.15) is 0 Å². The second-order valence-corrected chi connectivity index (χ2v) is 24.5. The highest BCUT2D eigenvalue weighted by atomic mass is 16.7. The number of likely N-dealkylation sites (N-methyl/N-ethyl adjacent to an activating group) is 1. The maximum atomic E-state index is 12.9. The van der Waals surface area contributed by atoms with E-state index in [1.54, 1.807) is 0 Å². The molecule has 0 radical (unpaired) electrons. The van der Waals surface area contributed by atoms with Gasteiger partial charge in [0.15, 0.2) is 6.10 Å². The Balaban J connectivity index is 4.12. The van der Waals surface area contributed by atoms with E-state index < -0.39 is 24.3 Å².